The number of sulfonamides is 1. The Hall–Kier alpha value is -2.71. The summed E-state index contributed by atoms with van der Waals surface area (Å²) in [6, 6.07) is 11.1. The third-order valence-corrected chi connectivity index (χ3v) is 7.95. The number of aryl methyl sites for hydroxylation is 1. The standard InChI is InChI=1S/C23H30N6O5S2/c1-36(33,34)28-13-10-20(11-14-28)26-23-24-15-19-8-9-21(30)29(22(19)27-23)16-18-6-4-17(5-7-18)3-2-12-25-35(31)32/h4-9,15,20,25H,2-3,10-14,16H2,1H3,(H,31,32)(H,24,26,27)/p-1. The molecule has 0 spiro atoms. The van der Waals surface area contributed by atoms with Crippen LogP contribution >= 0.6 is 0 Å². The summed E-state index contributed by atoms with van der Waals surface area (Å²) in [4.78, 5) is 21.7. The molecule has 1 aliphatic rings. The van der Waals surface area contributed by atoms with E-state index < -0.39 is 21.3 Å². The fourth-order valence-electron chi connectivity index (χ4n) is 4.25. The van der Waals surface area contributed by atoms with Crippen LogP contribution in [0.1, 0.15) is 30.4 Å². The van der Waals surface area contributed by atoms with Crippen molar-refractivity contribution in [1.82, 2.24) is 23.6 Å². The van der Waals surface area contributed by atoms with Crippen molar-refractivity contribution in [1.29, 1.82) is 0 Å². The smallest absolute Gasteiger partial charge is 0.252 e. The van der Waals surface area contributed by atoms with E-state index in [1.165, 1.54) is 16.6 Å². The van der Waals surface area contributed by atoms with Gasteiger partial charge >= 0.3 is 0 Å². The predicted molar refractivity (Wildman–Crippen MR) is 138 cm³/mol. The van der Waals surface area contributed by atoms with E-state index in [-0.39, 0.29) is 11.6 Å². The Morgan fingerprint density at radius 3 is 2.47 bits per heavy atom. The molecule has 11 nitrogen and oxygen atoms in total. The topological polar surface area (TPSA) is 149 Å². The molecule has 13 heteroatoms. The predicted octanol–water partition coefficient (Wildman–Crippen LogP) is 0.992. The quantitative estimate of drug-likeness (QED) is 0.289. The molecule has 4 rings (SSSR count). The Morgan fingerprint density at radius 2 is 1.81 bits per heavy atom. The van der Waals surface area contributed by atoms with Gasteiger partial charge in [0.15, 0.2) is 0 Å². The lowest BCUT2D eigenvalue weighted by molar-refractivity contribution is 0.331. The van der Waals surface area contributed by atoms with Crippen LogP contribution in [-0.2, 0) is 34.3 Å². The van der Waals surface area contributed by atoms with E-state index in [1.54, 1.807) is 16.8 Å². The highest BCUT2D eigenvalue weighted by Gasteiger charge is 2.25. The lowest BCUT2D eigenvalue weighted by Gasteiger charge is -2.30. The second-order valence-corrected chi connectivity index (χ2v) is 11.6. The minimum atomic E-state index is -3.19. The summed E-state index contributed by atoms with van der Waals surface area (Å²) in [5.74, 6) is 0.405. The van der Waals surface area contributed by atoms with Crippen LogP contribution in [0.2, 0.25) is 0 Å². The van der Waals surface area contributed by atoms with Crippen LogP contribution in [0.15, 0.2) is 47.4 Å². The highest BCUT2D eigenvalue weighted by atomic mass is 32.2. The molecule has 1 aliphatic heterocycles. The second kappa shape index (κ2) is 11.6. The molecular weight excluding hydrogens is 504 g/mol. The number of fused-ring (bicyclic) bond motifs is 1. The summed E-state index contributed by atoms with van der Waals surface area (Å²) >= 11 is -2.24. The van der Waals surface area contributed by atoms with Gasteiger partial charge in [-0.15, -0.1) is 0 Å². The molecule has 36 heavy (non-hydrogen) atoms. The maximum Gasteiger partial charge on any atom is 0.252 e. The summed E-state index contributed by atoms with van der Waals surface area (Å²) in [6.07, 6.45) is 5.62. The minimum absolute atomic E-state index is 0.0423. The number of hydrogen-bond acceptors (Lipinski definition) is 8. The first kappa shape index (κ1) is 26.4. The summed E-state index contributed by atoms with van der Waals surface area (Å²) in [5.41, 5.74) is 2.37. The number of pyridine rings is 1. The maximum atomic E-state index is 12.7. The van der Waals surface area contributed by atoms with Gasteiger partial charge in [0.1, 0.15) is 5.65 Å². The molecule has 1 saturated heterocycles. The van der Waals surface area contributed by atoms with E-state index in [0.717, 1.165) is 22.9 Å². The van der Waals surface area contributed by atoms with Gasteiger partial charge < -0.3 is 9.87 Å². The SMILES string of the molecule is CS(=O)(=O)N1CCC(Nc2ncc3ccc(=O)n(Cc4ccc(CCCNS(=O)[O-])cc4)c3n2)CC1. The Labute approximate surface area is 212 Å². The van der Waals surface area contributed by atoms with Gasteiger partial charge in [-0.05, 0) is 42.9 Å². The van der Waals surface area contributed by atoms with Crippen molar-refractivity contribution in [3.63, 3.8) is 0 Å². The Balaban J connectivity index is 1.46. The Kier molecular flexibility index (Phi) is 8.46. The van der Waals surface area contributed by atoms with E-state index in [2.05, 4.69) is 20.0 Å². The first-order valence-electron chi connectivity index (χ1n) is 11.7. The van der Waals surface area contributed by atoms with Crippen LogP contribution in [0.5, 0.6) is 0 Å². The molecule has 2 aromatic heterocycles. The number of aromatic nitrogens is 3. The monoisotopic (exact) mass is 533 g/mol. The van der Waals surface area contributed by atoms with Crippen LogP contribution < -0.4 is 15.6 Å². The average Bonchev–Trinajstić information content (AvgIpc) is 2.84. The van der Waals surface area contributed by atoms with Crippen LogP contribution in [-0.4, -0.2) is 68.0 Å². The van der Waals surface area contributed by atoms with Crippen molar-refractivity contribution < 1.29 is 17.2 Å². The zero-order valence-corrected chi connectivity index (χ0v) is 21.6. The van der Waals surface area contributed by atoms with Gasteiger partial charge in [-0.2, -0.15) is 4.98 Å². The minimum Gasteiger partial charge on any atom is -0.760 e. The van der Waals surface area contributed by atoms with Crippen molar-refractivity contribution in [2.24, 2.45) is 0 Å². The molecule has 1 fully saturated rings. The number of piperidine rings is 1. The van der Waals surface area contributed by atoms with E-state index in [1.807, 2.05) is 24.3 Å². The van der Waals surface area contributed by atoms with Gasteiger partial charge in [-0.1, -0.05) is 24.3 Å². The molecule has 3 heterocycles. The molecule has 1 unspecified atom stereocenters. The van der Waals surface area contributed by atoms with Crippen molar-refractivity contribution in [2.75, 3.05) is 31.2 Å². The average molecular weight is 534 g/mol. The number of anilines is 1. The molecule has 0 bridgehead atoms. The van der Waals surface area contributed by atoms with Gasteiger partial charge in [0.2, 0.25) is 16.0 Å². The normalized spacial score (nSPS) is 16.3. The van der Waals surface area contributed by atoms with Crippen molar-refractivity contribution >= 4 is 38.3 Å². The molecule has 194 valence electrons. The second-order valence-electron chi connectivity index (χ2n) is 8.86. The molecule has 3 aromatic rings. The van der Waals surface area contributed by atoms with Crippen LogP contribution in [0.3, 0.4) is 0 Å². The number of nitrogens with one attached hydrogen (secondary N) is 2. The molecular formula is C23H29N6O5S2-. The molecule has 0 amide bonds. The lowest BCUT2D eigenvalue weighted by Crippen LogP contribution is -2.42. The van der Waals surface area contributed by atoms with Gasteiger partial charge in [0, 0.05) is 54.6 Å². The number of nitrogens with zero attached hydrogens (tertiary/aromatic N) is 4. The maximum absolute atomic E-state index is 12.7. The summed E-state index contributed by atoms with van der Waals surface area (Å²) in [5, 5.41) is 4.03. The summed E-state index contributed by atoms with van der Waals surface area (Å²) < 4.78 is 50.0. The van der Waals surface area contributed by atoms with Crippen molar-refractivity contribution in [3.8, 4) is 0 Å². The molecule has 0 radical (unpaired) electrons. The van der Waals surface area contributed by atoms with E-state index in [0.29, 0.717) is 57.0 Å². The van der Waals surface area contributed by atoms with Gasteiger partial charge in [-0.25, -0.2) is 22.4 Å². The summed E-state index contributed by atoms with van der Waals surface area (Å²) in [7, 11) is -3.19. The van der Waals surface area contributed by atoms with Crippen molar-refractivity contribution in [2.45, 2.75) is 38.3 Å². The first-order valence-corrected chi connectivity index (χ1v) is 14.6. The van der Waals surface area contributed by atoms with E-state index >= 15 is 0 Å². The van der Waals surface area contributed by atoms with Crippen molar-refractivity contribution in [3.05, 3.63) is 64.1 Å². The fourth-order valence-corrected chi connectivity index (χ4v) is 5.44. The zero-order chi connectivity index (χ0) is 25.7. The number of hydrogen-bond donors (Lipinski definition) is 2. The molecule has 0 aliphatic carbocycles. The van der Waals surface area contributed by atoms with E-state index in [4.69, 9.17) is 0 Å². The Bertz CT molecular complexity index is 1390. The van der Waals surface area contributed by atoms with Crippen LogP contribution in [0.4, 0.5) is 5.95 Å². The largest absolute Gasteiger partial charge is 0.760 e. The number of rotatable bonds is 10. The fraction of sp³-hybridized carbons (Fsp3) is 0.435. The molecule has 1 atom stereocenters. The van der Waals surface area contributed by atoms with Gasteiger partial charge in [0.25, 0.3) is 5.56 Å². The van der Waals surface area contributed by atoms with Crippen LogP contribution in [0.25, 0.3) is 11.0 Å². The highest BCUT2D eigenvalue weighted by molar-refractivity contribution is 7.88. The highest BCUT2D eigenvalue weighted by Crippen LogP contribution is 2.18. The van der Waals surface area contributed by atoms with Crippen LogP contribution in [0, 0.1) is 0 Å². The van der Waals surface area contributed by atoms with Gasteiger partial charge in [0.05, 0.1) is 12.8 Å². The van der Waals surface area contributed by atoms with E-state index in [9.17, 15) is 22.0 Å². The zero-order valence-electron chi connectivity index (χ0n) is 19.9. The van der Waals surface area contributed by atoms with Gasteiger partial charge in [-0.3, -0.25) is 13.6 Å². The third kappa shape index (κ3) is 6.95. The molecule has 1 aromatic carbocycles. The number of benzene rings is 1. The third-order valence-electron chi connectivity index (χ3n) is 6.21. The Morgan fingerprint density at radius 1 is 1.11 bits per heavy atom. The molecule has 2 N–H and O–H groups in total. The summed E-state index contributed by atoms with van der Waals surface area (Å²) in [6.45, 7) is 1.62. The first-order chi connectivity index (χ1) is 17.2. The molecule has 0 saturated carbocycles. The lowest BCUT2D eigenvalue weighted by atomic mass is 10.1.